The van der Waals surface area contributed by atoms with Crippen molar-refractivity contribution in [3.8, 4) is 6.07 Å². The Morgan fingerprint density at radius 1 is 1.18 bits per heavy atom. The van der Waals surface area contributed by atoms with Crippen molar-refractivity contribution in [2.24, 2.45) is 11.8 Å². The predicted molar refractivity (Wildman–Crippen MR) is 91.7 cm³/mol. The van der Waals surface area contributed by atoms with Gasteiger partial charge in [0.05, 0.1) is 19.2 Å². The first-order valence-electron chi connectivity index (χ1n) is 9.20. The van der Waals surface area contributed by atoms with Crippen molar-refractivity contribution in [2.45, 2.75) is 24.7 Å². The maximum atomic E-state index is 13.4. The van der Waals surface area contributed by atoms with Crippen molar-refractivity contribution < 1.29 is 22.8 Å². The molecule has 1 saturated carbocycles. The zero-order valence-electron chi connectivity index (χ0n) is 14.9. The van der Waals surface area contributed by atoms with Crippen LogP contribution in [0, 0.1) is 34.8 Å². The quantitative estimate of drug-likeness (QED) is 0.832. The van der Waals surface area contributed by atoms with Gasteiger partial charge in [-0.3, -0.25) is 9.59 Å². The summed E-state index contributed by atoms with van der Waals surface area (Å²) in [6, 6.07) is 4.42. The molecule has 3 aliphatic rings. The number of likely N-dealkylation sites (tertiary alicyclic amines) is 2. The second-order valence-corrected chi connectivity index (χ2v) is 7.60. The van der Waals surface area contributed by atoms with Crippen molar-refractivity contribution in [2.75, 3.05) is 26.2 Å². The molecule has 0 bridgehead atoms. The number of halogens is 3. The highest BCUT2D eigenvalue weighted by atomic mass is 19.2. The zero-order chi connectivity index (χ0) is 20.0. The molecule has 4 atom stereocenters. The number of nitriles is 1. The third kappa shape index (κ3) is 3.33. The molecule has 2 amide bonds. The third-order valence-electron chi connectivity index (χ3n) is 5.86. The first kappa shape index (κ1) is 18.7. The summed E-state index contributed by atoms with van der Waals surface area (Å²) in [6.07, 6.45) is -1.11. The smallest absolute Gasteiger partial charge is 0.253 e. The van der Waals surface area contributed by atoms with E-state index in [4.69, 9.17) is 5.26 Å². The summed E-state index contributed by atoms with van der Waals surface area (Å²) in [4.78, 5) is 27.5. The van der Waals surface area contributed by atoms with Crippen LogP contribution in [0.2, 0.25) is 0 Å². The van der Waals surface area contributed by atoms with Crippen LogP contribution in [-0.2, 0) is 4.79 Å². The lowest BCUT2D eigenvalue weighted by Crippen LogP contribution is -2.43. The van der Waals surface area contributed by atoms with Crippen LogP contribution in [0.15, 0.2) is 18.2 Å². The molecule has 2 saturated heterocycles. The lowest BCUT2D eigenvalue weighted by molar-refractivity contribution is -0.130. The molecule has 148 valence electrons. The molecule has 0 spiro atoms. The first-order chi connectivity index (χ1) is 13.4. The largest absolute Gasteiger partial charge is 0.338 e. The number of piperidine rings is 1. The SMILES string of the molecule is N#C[C@@H]1C[C@H](F)CN1C(=O)CNC1C2CN(C(=O)c3ccc(F)c(F)c3)CC21. The number of carbonyl (C=O) groups is 2. The van der Waals surface area contributed by atoms with E-state index in [0.717, 1.165) is 12.1 Å². The average Bonchev–Trinajstić information content (AvgIpc) is 3.00. The van der Waals surface area contributed by atoms with Gasteiger partial charge in [0.15, 0.2) is 11.6 Å². The predicted octanol–water partition coefficient (Wildman–Crippen LogP) is 1.09. The number of carbonyl (C=O) groups excluding carboxylic acids is 2. The van der Waals surface area contributed by atoms with Crippen LogP contribution in [0.1, 0.15) is 16.8 Å². The molecule has 0 aromatic heterocycles. The maximum absolute atomic E-state index is 13.4. The molecule has 1 N–H and O–H groups in total. The van der Waals surface area contributed by atoms with E-state index in [9.17, 15) is 22.8 Å². The second kappa shape index (κ2) is 7.09. The monoisotopic (exact) mass is 392 g/mol. The number of nitrogens with zero attached hydrogens (tertiary/aromatic N) is 3. The Morgan fingerprint density at radius 2 is 1.89 bits per heavy atom. The van der Waals surface area contributed by atoms with E-state index in [-0.39, 0.29) is 54.8 Å². The molecule has 2 unspecified atom stereocenters. The van der Waals surface area contributed by atoms with Gasteiger partial charge in [0.2, 0.25) is 5.91 Å². The summed E-state index contributed by atoms with van der Waals surface area (Å²) >= 11 is 0. The summed E-state index contributed by atoms with van der Waals surface area (Å²) in [7, 11) is 0. The van der Waals surface area contributed by atoms with Crippen molar-refractivity contribution in [1.82, 2.24) is 15.1 Å². The van der Waals surface area contributed by atoms with Crippen LogP contribution in [0.4, 0.5) is 13.2 Å². The molecule has 4 rings (SSSR count). The standard InChI is InChI=1S/C19H19F3N4O2/c20-11-4-12(5-23)26(7-11)17(27)6-24-18-13-8-25(9-14(13)18)19(28)10-1-2-15(21)16(22)3-10/h1-3,11-14,18,24H,4,6-9H2/t11-,12-,13?,14?,18?/m0/s1. The highest BCUT2D eigenvalue weighted by molar-refractivity contribution is 5.94. The van der Waals surface area contributed by atoms with E-state index in [2.05, 4.69) is 5.32 Å². The zero-order valence-corrected chi connectivity index (χ0v) is 14.9. The molecule has 3 fully saturated rings. The Morgan fingerprint density at radius 3 is 2.54 bits per heavy atom. The van der Waals surface area contributed by atoms with Gasteiger partial charge in [-0.15, -0.1) is 0 Å². The van der Waals surface area contributed by atoms with Crippen molar-refractivity contribution >= 4 is 11.8 Å². The second-order valence-electron chi connectivity index (χ2n) is 7.60. The molecule has 1 aromatic rings. The molecular weight excluding hydrogens is 373 g/mol. The minimum atomic E-state index is -1.16. The summed E-state index contributed by atoms with van der Waals surface area (Å²) in [5, 5.41) is 12.2. The summed E-state index contributed by atoms with van der Waals surface area (Å²) < 4.78 is 39.8. The minimum Gasteiger partial charge on any atom is -0.338 e. The fourth-order valence-electron chi connectivity index (χ4n) is 4.30. The van der Waals surface area contributed by atoms with E-state index in [1.807, 2.05) is 6.07 Å². The van der Waals surface area contributed by atoms with Crippen molar-refractivity contribution in [3.63, 3.8) is 0 Å². The van der Waals surface area contributed by atoms with Crippen LogP contribution < -0.4 is 5.32 Å². The van der Waals surface area contributed by atoms with Crippen LogP contribution in [0.3, 0.4) is 0 Å². The molecule has 1 aromatic carbocycles. The van der Waals surface area contributed by atoms with Gasteiger partial charge in [-0.25, -0.2) is 13.2 Å². The van der Waals surface area contributed by atoms with E-state index < -0.39 is 23.8 Å². The third-order valence-corrected chi connectivity index (χ3v) is 5.86. The Hall–Kier alpha value is -2.60. The summed E-state index contributed by atoms with van der Waals surface area (Å²) in [5.74, 6) is -2.30. The number of amides is 2. The number of hydrogen-bond donors (Lipinski definition) is 1. The van der Waals surface area contributed by atoms with Crippen LogP contribution in [0.25, 0.3) is 0 Å². The number of alkyl halides is 1. The molecule has 6 nitrogen and oxygen atoms in total. The number of fused-ring (bicyclic) bond motifs is 1. The topological polar surface area (TPSA) is 76.4 Å². The van der Waals surface area contributed by atoms with E-state index in [1.165, 1.54) is 11.0 Å². The molecule has 9 heteroatoms. The van der Waals surface area contributed by atoms with Gasteiger partial charge < -0.3 is 15.1 Å². The minimum absolute atomic E-state index is 0.0275. The Balaban J connectivity index is 1.26. The highest BCUT2D eigenvalue weighted by Gasteiger charge is 2.56. The molecule has 1 aliphatic carbocycles. The molecule has 28 heavy (non-hydrogen) atoms. The lowest BCUT2D eigenvalue weighted by Gasteiger charge is -2.22. The molecular formula is C19H19F3N4O2. The van der Waals surface area contributed by atoms with E-state index in [1.54, 1.807) is 4.90 Å². The van der Waals surface area contributed by atoms with Crippen molar-refractivity contribution in [3.05, 3.63) is 35.4 Å². The van der Waals surface area contributed by atoms with Gasteiger partial charge in [-0.05, 0) is 30.0 Å². The normalized spacial score (nSPS) is 30.9. The number of hydrogen-bond acceptors (Lipinski definition) is 4. The first-order valence-corrected chi connectivity index (χ1v) is 9.20. The fourth-order valence-corrected chi connectivity index (χ4v) is 4.30. The number of nitrogens with one attached hydrogen (secondary N) is 1. The summed E-state index contributed by atoms with van der Waals surface area (Å²) in [6.45, 7) is 0.934. The van der Waals surface area contributed by atoms with Gasteiger partial charge in [0.25, 0.3) is 5.91 Å². The highest BCUT2D eigenvalue weighted by Crippen LogP contribution is 2.45. The van der Waals surface area contributed by atoms with Gasteiger partial charge in [-0.2, -0.15) is 5.26 Å². The van der Waals surface area contributed by atoms with Gasteiger partial charge in [0.1, 0.15) is 12.2 Å². The lowest BCUT2D eigenvalue weighted by atomic mass is 10.2. The Labute approximate surface area is 159 Å². The van der Waals surface area contributed by atoms with Crippen LogP contribution >= 0.6 is 0 Å². The number of rotatable bonds is 4. The van der Waals surface area contributed by atoms with E-state index in [0.29, 0.717) is 13.1 Å². The molecule has 2 heterocycles. The maximum Gasteiger partial charge on any atom is 0.253 e. The Bertz CT molecular complexity index is 846. The van der Waals surface area contributed by atoms with E-state index >= 15 is 0 Å². The van der Waals surface area contributed by atoms with Gasteiger partial charge in [-0.1, -0.05) is 0 Å². The van der Waals surface area contributed by atoms with Gasteiger partial charge in [0, 0.05) is 31.1 Å². The van der Waals surface area contributed by atoms with Gasteiger partial charge >= 0.3 is 0 Å². The Kier molecular flexibility index (Phi) is 4.75. The fraction of sp³-hybridized carbons (Fsp3) is 0.526. The van der Waals surface area contributed by atoms with Crippen LogP contribution in [0.5, 0.6) is 0 Å². The van der Waals surface area contributed by atoms with Crippen LogP contribution in [-0.4, -0.2) is 66.0 Å². The average molecular weight is 392 g/mol. The summed E-state index contributed by atoms with van der Waals surface area (Å²) in [5.41, 5.74) is 0.109. The molecule has 0 radical (unpaired) electrons. The number of benzene rings is 1. The molecule has 2 aliphatic heterocycles. The van der Waals surface area contributed by atoms with Crippen molar-refractivity contribution in [1.29, 1.82) is 5.26 Å².